The Hall–Kier alpha value is -2.80. The van der Waals surface area contributed by atoms with Crippen molar-refractivity contribution in [3.05, 3.63) is 47.5 Å². The summed E-state index contributed by atoms with van der Waals surface area (Å²) in [5, 5.41) is 0. The van der Waals surface area contributed by atoms with Crippen LogP contribution in [0.5, 0.6) is 0 Å². The van der Waals surface area contributed by atoms with Crippen LogP contribution in [0, 0.1) is 17.3 Å². The zero-order valence-corrected chi connectivity index (χ0v) is 22.0. The molecule has 0 aromatic heterocycles. The number of carbonyl (C=O) groups excluding carboxylic acids is 4. The first-order valence-corrected chi connectivity index (χ1v) is 12.7. The van der Waals surface area contributed by atoms with E-state index in [2.05, 4.69) is 0 Å². The molecule has 7 heteroatoms. The first kappa shape index (κ1) is 26.3. The van der Waals surface area contributed by atoms with Crippen molar-refractivity contribution in [1.82, 2.24) is 0 Å². The van der Waals surface area contributed by atoms with Crippen LogP contribution in [0.25, 0.3) is 0 Å². The minimum absolute atomic E-state index is 0.105. The lowest BCUT2D eigenvalue weighted by molar-refractivity contribution is -0.171. The third-order valence-electron chi connectivity index (χ3n) is 8.19. The molecule has 2 fully saturated rings. The summed E-state index contributed by atoms with van der Waals surface area (Å²) in [5.41, 5.74) is -2.03. The molecule has 0 amide bonds. The van der Waals surface area contributed by atoms with Crippen LogP contribution in [0.15, 0.2) is 42.0 Å². The van der Waals surface area contributed by atoms with Crippen molar-refractivity contribution in [2.24, 2.45) is 17.3 Å². The number of ether oxygens (including phenoxy) is 3. The van der Waals surface area contributed by atoms with E-state index in [0.717, 1.165) is 0 Å². The predicted molar refractivity (Wildman–Crippen MR) is 132 cm³/mol. The number of hydrogen-bond acceptors (Lipinski definition) is 7. The number of benzene rings is 1. The van der Waals surface area contributed by atoms with Gasteiger partial charge < -0.3 is 14.2 Å². The fourth-order valence-electron chi connectivity index (χ4n) is 5.94. The van der Waals surface area contributed by atoms with Gasteiger partial charge in [-0.3, -0.25) is 14.4 Å². The Morgan fingerprint density at radius 2 is 1.75 bits per heavy atom. The summed E-state index contributed by atoms with van der Waals surface area (Å²) in [5.74, 6) is -2.27. The summed E-state index contributed by atoms with van der Waals surface area (Å²) in [6.45, 7) is 10.6. The maximum absolute atomic E-state index is 14.1. The predicted octanol–water partition coefficient (Wildman–Crippen LogP) is 4.62. The number of Topliss-reactive ketones (excluding diaryl/α,β-unsaturated/α-hetero) is 2. The summed E-state index contributed by atoms with van der Waals surface area (Å²) in [4.78, 5) is 52.5. The second-order valence-corrected chi connectivity index (χ2v) is 11.5. The molecule has 0 radical (unpaired) electrons. The first-order valence-electron chi connectivity index (χ1n) is 12.7. The quantitative estimate of drug-likeness (QED) is 0.445. The third kappa shape index (κ3) is 4.65. The van der Waals surface area contributed by atoms with E-state index in [4.69, 9.17) is 14.2 Å². The van der Waals surface area contributed by atoms with Crippen LogP contribution in [-0.4, -0.2) is 46.9 Å². The standard InChI is InChI=1S/C29H36O7/c1-17-12-14-27(4,5)21(31)13-15-28(6)25(36-28)22-23(34-26(33)20-10-8-7-9-11-20)18(2)16-29(22,24(17)32)35-19(3)30/h7-12,18,22-23,25H,13-16H2,1-6H3. The average Bonchev–Trinajstić information content (AvgIpc) is 3.41. The smallest absolute Gasteiger partial charge is 0.338 e. The number of esters is 2. The fraction of sp³-hybridized carbons (Fsp3) is 0.586. The van der Waals surface area contributed by atoms with Gasteiger partial charge in [-0.2, -0.15) is 0 Å². The van der Waals surface area contributed by atoms with E-state index in [-0.39, 0.29) is 23.9 Å². The van der Waals surface area contributed by atoms with Crippen molar-refractivity contribution in [3.63, 3.8) is 0 Å². The topological polar surface area (TPSA) is 99.3 Å². The van der Waals surface area contributed by atoms with Crippen molar-refractivity contribution in [3.8, 4) is 0 Å². The van der Waals surface area contributed by atoms with Gasteiger partial charge in [0.1, 0.15) is 11.9 Å². The van der Waals surface area contributed by atoms with E-state index >= 15 is 0 Å². The maximum Gasteiger partial charge on any atom is 0.338 e. The van der Waals surface area contributed by atoms with Crippen LogP contribution in [0.3, 0.4) is 0 Å². The van der Waals surface area contributed by atoms with Crippen molar-refractivity contribution >= 4 is 23.5 Å². The highest BCUT2D eigenvalue weighted by atomic mass is 16.6. The van der Waals surface area contributed by atoms with E-state index in [1.807, 2.05) is 33.8 Å². The lowest BCUT2D eigenvalue weighted by Gasteiger charge is -2.35. The molecule has 2 aliphatic carbocycles. The molecular formula is C29H36O7. The molecule has 1 saturated carbocycles. The largest absolute Gasteiger partial charge is 0.458 e. The number of hydrogen-bond donors (Lipinski definition) is 0. The van der Waals surface area contributed by atoms with Gasteiger partial charge in [-0.25, -0.2) is 4.79 Å². The summed E-state index contributed by atoms with van der Waals surface area (Å²) >= 11 is 0. The Balaban J connectivity index is 1.80. The highest BCUT2D eigenvalue weighted by Crippen LogP contribution is 2.57. The van der Waals surface area contributed by atoms with Crippen molar-refractivity contribution < 1.29 is 33.4 Å². The lowest BCUT2D eigenvalue weighted by Crippen LogP contribution is -2.52. The summed E-state index contributed by atoms with van der Waals surface area (Å²) in [6, 6.07) is 8.67. The van der Waals surface area contributed by atoms with Gasteiger partial charge in [0.15, 0.2) is 5.60 Å². The summed E-state index contributed by atoms with van der Waals surface area (Å²) in [6.07, 6.45) is 1.96. The molecule has 3 aliphatic rings. The second kappa shape index (κ2) is 9.25. The molecule has 194 valence electrons. The van der Waals surface area contributed by atoms with Crippen LogP contribution in [0.1, 0.15) is 77.6 Å². The van der Waals surface area contributed by atoms with Crippen LogP contribution < -0.4 is 0 Å². The maximum atomic E-state index is 14.1. The zero-order valence-electron chi connectivity index (χ0n) is 22.0. The van der Waals surface area contributed by atoms with Crippen molar-refractivity contribution in [2.45, 2.75) is 90.6 Å². The Bertz CT molecular complexity index is 1100. The van der Waals surface area contributed by atoms with Gasteiger partial charge in [-0.05, 0) is 50.3 Å². The molecule has 1 heterocycles. The summed E-state index contributed by atoms with van der Waals surface area (Å²) < 4.78 is 18.2. The minimum atomic E-state index is -1.52. The average molecular weight is 497 g/mol. The Morgan fingerprint density at radius 1 is 1.08 bits per heavy atom. The molecule has 6 atom stereocenters. The number of epoxide rings is 1. The second-order valence-electron chi connectivity index (χ2n) is 11.5. The summed E-state index contributed by atoms with van der Waals surface area (Å²) in [7, 11) is 0. The number of fused-ring (bicyclic) bond motifs is 3. The highest BCUT2D eigenvalue weighted by Gasteiger charge is 2.71. The van der Waals surface area contributed by atoms with Gasteiger partial charge in [0, 0.05) is 25.2 Å². The Morgan fingerprint density at radius 3 is 2.39 bits per heavy atom. The number of rotatable bonds is 3. The first-order chi connectivity index (χ1) is 16.8. The fourth-order valence-corrected chi connectivity index (χ4v) is 5.94. The molecule has 1 aromatic carbocycles. The molecule has 36 heavy (non-hydrogen) atoms. The molecule has 0 spiro atoms. The molecule has 4 rings (SSSR count). The molecule has 0 bridgehead atoms. The van der Waals surface area contributed by atoms with Gasteiger partial charge >= 0.3 is 11.9 Å². The number of allylic oxidation sites excluding steroid dienone is 1. The van der Waals surface area contributed by atoms with Gasteiger partial charge in [0.2, 0.25) is 5.78 Å². The van der Waals surface area contributed by atoms with Gasteiger partial charge in [-0.15, -0.1) is 0 Å². The van der Waals surface area contributed by atoms with E-state index in [9.17, 15) is 19.2 Å². The Kier molecular flexibility index (Phi) is 6.75. The number of ketones is 2. The van der Waals surface area contributed by atoms with Crippen LogP contribution >= 0.6 is 0 Å². The van der Waals surface area contributed by atoms with Crippen molar-refractivity contribution in [1.29, 1.82) is 0 Å². The number of carbonyl (C=O) groups is 4. The monoisotopic (exact) mass is 496 g/mol. The highest BCUT2D eigenvalue weighted by molar-refractivity contribution is 6.03. The molecule has 6 unspecified atom stereocenters. The normalized spacial score (nSPS) is 35.9. The van der Waals surface area contributed by atoms with Crippen LogP contribution in [0.4, 0.5) is 0 Å². The van der Waals surface area contributed by atoms with Crippen LogP contribution in [-0.2, 0) is 28.6 Å². The minimum Gasteiger partial charge on any atom is -0.458 e. The van der Waals surface area contributed by atoms with Gasteiger partial charge in [-0.1, -0.05) is 45.0 Å². The SMILES string of the molecule is CC(=O)OC12CC(C)C(OC(=O)c3ccccc3)C1C1OC1(C)CCC(=O)C(C)(C)CC=C(C)C2=O. The van der Waals surface area contributed by atoms with Crippen LogP contribution in [0.2, 0.25) is 0 Å². The Labute approximate surface area is 212 Å². The molecule has 1 saturated heterocycles. The van der Waals surface area contributed by atoms with E-state index in [1.54, 1.807) is 37.3 Å². The van der Waals surface area contributed by atoms with E-state index in [0.29, 0.717) is 30.4 Å². The molecular weight excluding hydrogens is 460 g/mol. The van der Waals surface area contributed by atoms with E-state index < -0.39 is 46.7 Å². The third-order valence-corrected chi connectivity index (χ3v) is 8.19. The lowest BCUT2D eigenvalue weighted by atomic mass is 9.74. The van der Waals surface area contributed by atoms with Crippen molar-refractivity contribution in [2.75, 3.05) is 0 Å². The zero-order chi connectivity index (χ0) is 26.5. The molecule has 0 N–H and O–H groups in total. The molecule has 1 aromatic rings. The van der Waals surface area contributed by atoms with Gasteiger partial charge in [0.05, 0.1) is 23.2 Å². The van der Waals surface area contributed by atoms with E-state index in [1.165, 1.54) is 6.92 Å². The molecule has 7 nitrogen and oxygen atoms in total. The van der Waals surface area contributed by atoms with Gasteiger partial charge in [0.25, 0.3) is 0 Å². The molecule has 1 aliphatic heterocycles.